The van der Waals surface area contributed by atoms with E-state index in [0.717, 1.165) is 42.6 Å². The van der Waals surface area contributed by atoms with Crippen molar-refractivity contribution in [2.24, 2.45) is 0 Å². The lowest BCUT2D eigenvalue weighted by atomic mass is 10.0. The van der Waals surface area contributed by atoms with Crippen LogP contribution in [-0.4, -0.2) is 25.7 Å². The summed E-state index contributed by atoms with van der Waals surface area (Å²) >= 11 is 0. The first kappa shape index (κ1) is 34.4. The van der Waals surface area contributed by atoms with E-state index in [0.29, 0.717) is 23.3 Å². The van der Waals surface area contributed by atoms with E-state index in [1.54, 1.807) is 24.3 Å². The molecule has 5 heteroatoms. The topological polar surface area (TPSA) is 59.8 Å². The Labute approximate surface area is 260 Å². The van der Waals surface area contributed by atoms with Gasteiger partial charge >= 0.3 is 11.6 Å². The summed E-state index contributed by atoms with van der Waals surface area (Å²) in [7, 11) is 0. The Kier molecular flexibility index (Phi) is 16.0. The third-order valence-corrected chi connectivity index (χ3v) is 8.51. The van der Waals surface area contributed by atoms with Gasteiger partial charge in [-0.1, -0.05) is 115 Å². The third kappa shape index (κ3) is 11.8. The van der Waals surface area contributed by atoms with Crippen LogP contribution >= 0.6 is 0 Å². The van der Waals surface area contributed by atoms with Crippen molar-refractivity contribution >= 4 is 22.6 Å². The zero-order chi connectivity index (χ0) is 30.7. The quantitative estimate of drug-likeness (QED) is 0.0663. The maximum absolute atomic E-state index is 12.8. The number of hydrogen-bond acceptors (Lipinski definition) is 5. The molecule has 0 aliphatic heterocycles. The molecule has 0 aliphatic carbocycles. The molecule has 0 unspecified atom stereocenters. The second kappa shape index (κ2) is 20.0. The Morgan fingerprint density at radius 3 is 1.74 bits per heavy atom. The molecule has 2 aromatic carbocycles. The molecule has 0 saturated heterocycles. The standard InChI is InChI=1S/C38H55NO4/c1-4-7-8-9-10-11-12-13-14-15-16-17-18-19-20-21-28-42-37(40)32-24-22-31(23-25-32)35-29-33-26-27-34(39(5-2)6-3)30-36(33)43-38(35)41/h22-27,29-30H,4-21,28H2,1-3H3. The number of ether oxygens (including phenoxy) is 1. The van der Waals surface area contributed by atoms with Crippen molar-refractivity contribution in [2.45, 2.75) is 124 Å². The van der Waals surface area contributed by atoms with Crippen LogP contribution in [0.2, 0.25) is 0 Å². The summed E-state index contributed by atoms with van der Waals surface area (Å²) in [5.74, 6) is -0.318. The minimum atomic E-state index is -0.386. The maximum Gasteiger partial charge on any atom is 0.344 e. The summed E-state index contributed by atoms with van der Waals surface area (Å²) in [6.45, 7) is 8.71. The summed E-state index contributed by atoms with van der Waals surface area (Å²) in [4.78, 5) is 27.5. The van der Waals surface area contributed by atoms with E-state index in [9.17, 15) is 9.59 Å². The molecule has 3 aromatic rings. The summed E-state index contributed by atoms with van der Waals surface area (Å²) in [6.07, 6.45) is 21.1. The van der Waals surface area contributed by atoms with E-state index in [4.69, 9.17) is 9.15 Å². The highest BCUT2D eigenvalue weighted by atomic mass is 16.5. The zero-order valence-corrected chi connectivity index (χ0v) is 27.1. The van der Waals surface area contributed by atoms with Crippen LogP contribution < -0.4 is 10.5 Å². The first-order valence-electron chi connectivity index (χ1n) is 17.2. The molecule has 0 atom stereocenters. The van der Waals surface area contributed by atoms with Gasteiger partial charge < -0.3 is 14.1 Å². The van der Waals surface area contributed by atoms with Crippen LogP contribution in [0.1, 0.15) is 134 Å². The van der Waals surface area contributed by atoms with Crippen LogP contribution in [0.3, 0.4) is 0 Å². The van der Waals surface area contributed by atoms with Crippen LogP contribution in [0.5, 0.6) is 0 Å². The normalized spacial score (nSPS) is 11.2. The van der Waals surface area contributed by atoms with Gasteiger partial charge in [0.05, 0.1) is 17.7 Å². The smallest absolute Gasteiger partial charge is 0.344 e. The Balaban J connectivity index is 1.30. The lowest BCUT2D eigenvalue weighted by molar-refractivity contribution is 0.0497. The van der Waals surface area contributed by atoms with Crippen molar-refractivity contribution in [1.29, 1.82) is 0 Å². The van der Waals surface area contributed by atoms with Gasteiger partial charge in [-0.2, -0.15) is 0 Å². The van der Waals surface area contributed by atoms with Gasteiger partial charge in [0.1, 0.15) is 5.58 Å². The van der Waals surface area contributed by atoms with E-state index in [1.807, 2.05) is 18.2 Å². The van der Waals surface area contributed by atoms with E-state index < -0.39 is 0 Å². The first-order chi connectivity index (χ1) is 21.1. The average Bonchev–Trinajstić information content (AvgIpc) is 3.02. The number of fused-ring (bicyclic) bond motifs is 1. The number of esters is 1. The second-order valence-electron chi connectivity index (χ2n) is 11.9. The maximum atomic E-state index is 12.8. The van der Waals surface area contributed by atoms with Gasteiger partial charge in [-0.05, 0) is 56.2 Å². The summed E-state index contributed by atoms with van der Waals surface area (Å²) in [5, 5.41) is 0.868. The van der Waals surface area contributed by atoms with Gasteiger partial charge in [0.15, 0.2) is 0 Å². The lowest BCUT2D eigenvalue weighted by Gasteiger charge is -2.21. The fraction of sp³-hybridized carbons (Fsp3) is 0.579. The molecule has 43 heavy (non-hydrogen) atoms. The third-order valence-electron chi connectivity index (χ3n) is 8.51. The Morgan fingerprint density at radius 1 is 0.674 bits per heavy atom. The van der Waals surface area contributed by atoms with Crippen molar-refractivity contribution in [2.75, 3.05) is 24.6 Å². The molecule has 1 aromatic heterocycles. The fourth-order valence-corrected chi connectivity index (χ4v) is 5.77. The van der Waals surface area contributed by atoms with Crippen LogP contribution in [-0.2, 0) is 4.74 Å². The highest BCUT2D eigenvalue weighted by Gasteiger charge is 2.12. The largest absolute Gasteiger partial charge is 0.462 e. The van der Waals surface area contributed by atoms with Crippen LogP contribution in [0.25, 0.3) is 22.1 Å². The Hall–Kier alpha value is -3.08. The number of unbranched alkanes of at least 4 members (excludes halogenated alkanes) is 15. The number of carbonyl (C=O) groups excluding carboxylic acids is 1. The van der Waals surface area contributed by atoms with Crippen molar-refractivity contribution in [3.63, 3.8) is 0 Å². The van der Waals surface area contributed by atoms with Crippen molar-refractivity contribution in [3.8, 4) is 11.1 Å². The average molecular weight is 590 g/mol. The molecule has 0 amide bonds. The summed E-state index contributed by atoms with van der Waals surface area (Å²) in [5.41, 5.74) is 2.93. The molecule has 0 saturated carbocycles. The lowest BCUT2D eigenvalue weighted by Crippen LogP contribution is -2.21. The van der Waals surface area contributed by atoms with Gasteiger partial charge in [0.2, 0.25) is 0 Å². The van der Waals surface area contributed by atoms with Gasteiger partial charge in [-0.15, -0.1) is 0 Å². The zero-order valence-electron chi connectivity index (χ0n) is 27.1. The van der Waals surface area contributed by atoms with Gasteiger partial charge in [0, 0.05) is 30.2 Å². The number of anilines is 1. The fourth-order valence-electron chi connectivity index (χ4n) is 5.77. The molecule has 0 bridgehead atoms. The first-order valence-corrected chi connectivity index (χ1v) is 17.2. The monoisotopic (exact) mass is 589 g/mol. The van der Waals surface area contributed by atoms with Crippen molar-refractivity contribution in [3.05, 3.63) is 64.5 Å². The summed E-state index contributed by atoms with van der Waals surface area (Å²) < 4.78 is 11.2. The second-order valence-corrected chi connectivity index (χ2v) is 11.9. The number of carbonyl (C=O) groups is 1. The molecular formula is C38H55NO4. The molecule has 0 aliphatic rings. The number of nitrogens with zero attached hydrogens (tertiary/aromatic N) is 1. The highest BCUT2D eigenvalue weighted by molar-refractivity contribution is 5.90. The molecule has 0 fully saturated rings. The Morgan fingerprint density at radius 2 is 1.21 bits per heavy atom. The predicted octanol–water partition coefficient (Wildman–Crippen LogP) is 10.7. The van der Waals surface area contributed by atoms with E-state index in [-0.39, 0.29) is 11.6 Å². The number of benzene rings is 2. The van der Waals surface area contributed by atoms with Crippen molar-refractivity contribution in [1.82, 2.24) is 0 Å². The van der Waals surface area contributed by atoms with Crippen LogP contribution in [0.15, 0.2) is 57.7 Å². The molecule has 1 heterocycles. The van der Waals surface area contributed by atoms with Crippen molar-refractivity contribution < 1.29 is 13.9 Å². The number of hydrogen-bond donors (Lipinski definition) is 0. The molecule has 236 valence electrons. The molecule has 5 nitrogen and oxygen atoms in total. The van der Waals surface area contributed by atoms with E-state index >= 15 is 0 Å². The Bertz CT molecular complexity index is 1260. The minimum absolute atomic E-state index is 0.318. The summed E-state index contributed by atoms with van der Waals surface area (Å²) in [6, 6.07) is 14.8. The van der Waals surface area contributed by atoms with Crippen LogP contribution in [0, 0.1) is 0 Å². The van der Waals surface area contributed by atoms with E-state index in [1.165, 1.54) is 89.9 Å². The number of rotatable bonds is 22. The highest BCUT2D eigenvalue weighted by Crippen LogP contribution is 2.25. The van der Waals surface area contributed by atoms with Gasteiger partial charge in [-0.3, -0.25) is 0 Å². The minimum Gasteiger partial charge on any atom is -0.462 e. The predicted molar refractivity (Wildman–Crippen MR) is 181 cm³/mol. The molecular weight excluding hydrogens is 534 g/mol. The molecule has 0 spiro atoms. The van der Waals surface area contributed by atoms with Gasteiger partial charge in [0.25, 0.3) is 0 Å². The molecule has 0 radical (unpaired) electrons. The van der Waals surface area contributed by atoms with Crippen LogP contribution in [0.4, 0.5) is 5.69 Å². The van der Waals surface area contributed by atoms with Gasteiger partial charge in [-0.25, -0.2) is 9.59 Å². The molecule has 0 N–H and O–H groups in total. The van der Waals surface area contributed by atoms with E-state index in [2.05, 4.69) is 31.7 Å². The SMILES string of the molecule is CCCCCCCCCCCCCCCCCCOC(=O)c1ccc(-c2cc3ccc(N(CC)CC)cc3oc2=O)cc1. The molecule has 3 rings (SSSR count).